The van der Waals surface area contributed by atoms with E-state index in [1.165, 1.54) is 25.9 Å². The fraction of sp³-hybridized carbons (Fsp3) is 0.600. The predicted octanol–water partition coefficient (Wildman–Crippen LogP) is 2.58. The van der Waals surface area contributed by atoms with Crippen LogP contribution in [0.4, 0.5) is 4.79 Å². The van der Waals surface area contributed by atoms with E-state index in [2.05, 4.69) is 5.32 Å². The monoisotopic (exact) mass is 492 g/mol. The highest BCUT2D eigenvalue weighted by Crippen LogP contribution is 2.32. The van der Waals surface area contributed by atoms with Crippen molar-refractivity contribution in [3.8, 4) is 0 Å². The molecule has 10 nitrogen and oxygen atoms in total. The molecule has 1 aromatic rings. The number of carbonyl (C=O) groups excluding carboxylic acids is 4. The van der Waals surface area contributed by atoms with Crippen LogP contribution in [0.25, 0.3) is 0 Å². The van der Waals surface area contributed by atoms with Crippen molar-refractivity contribution < 1.29 is 38.1 Å². The molecule has 1 unspecified atom stereocenters. The van der Waals surface area contributed by atoms with Crippen molar-refractivity contribution in [1.29, 1.82) is 0 Å². The molecule has 3 atom stereocenters. The zero-order valence-corrected chi connectivity index (χ0v) is 21.3. The number of amides is 2. The van der Waals surface area contributed by atoms with Gasteiger partial charge in [-0.3, -0.25) is 14.5 Å². The Morgan fingerprint density at radius 2 is 1.80 bits per heavy atom. The highest BCUT2D eigenvalue weighted by atomic mass is 16.6. The van der Waals surface area contributed by atoms with Crippen LogP contribution >= 0.6 is 0 Å². The number of likely N-dealkylation sites (tertiary alicyclic amines) is 1. The van der Waals surface area contributed by atoms with Crippen molar-refractivity contribution in [3.63, 3.8) is 0 Å². The second-order valence-electron chi connectivity index (χ2n) is 9.53. The third-order valence-electron chi connectivity index (χ3n) is 5.54. The topological polar surface area (TPSA) is 120 Å². The summed E-state index contributed by atoms with van der Waals surface area (Å²) < 4.78 is 21.4. The summed E-state index contributed by atoms with van der Waals surface area (Å²) in [5.74, 6) is -2.02. The van der Waals surface area contributed by atoms with Crippen LogP contribution in [-0.4, -0.2) is 72.4 Å². The number of methoxy groups -OCH3 is 1. The third kappa shape index (κ3) is 7.68. The lowest BCUT2D eigenvalue weighted by Gasteiger charge is -2.38. The van der Waals surface area contributed by atoms with Gasteiger partial charge in [0.1, 0.15) is 17.2 Å². The maximum absolute atomic E-state index is 13.7. The van der Waals surface area contributed by atoms with Crippen molar-refractivity contribution in [2.75, 3.05) is 20.3 Å². The molecule has 194 valence electrons. The van der Waals surface area contributed by atoms with Crippen LogP contribution in [0.5, 0.6) is 0 Å². The normalized spacial score (nSPS) is 19.4. The highest BCUT2D eigenvalue weighted by molar-refractivity contribution is 5.94. The summed E-state index contributed by atoms with van der Waals surface area (Å²) >= 11 is 0. The van der Waals surface area contributed by atoms with E-state index in [1.807, 2.05) is 30.3 Å². The fourth-order valence-corrected chi connectivity index (χ4v) is 3.93. The molecule has 2 amide bonds. The summed E-state index contributed by atoms with van der Waals surface area (Å²) in [5, 5.41) is 2.63. The van der Waals surface area contributed by atoms with Gasteiger partial charge in [-0.25, -0.2) is 9.59 Å². The lowest BCUT2D eigenvalue weighted by Crippen LogP contribution is -2.64. The number of ether oxygens (including phenoxy) is 4. The molecular formula is C25H36N2O8. The number of nitrogens with one attached hydrogen (secondary N) is 1. The van der Waals surface area contributed by atoms with Gasteiger partial charge in [-0.05, 0) is 46.1 Å². The molecule has 2 rings (SSSR count). The van der Waals surface area contributed by atoms with Crippen LogP contribution in [0, 0.1) is 0 Å². The first-order valence-corrected chi connectivity index (χ1v) is 11.6. The van der Waals surface area contributed by atoms with E-state index in [0.717, 1.165) is 5.56 Å². The standard InChI is InChI=1S/C25H36N2O8/c1-17(34-18(2)28)20(21(29)32-6)26-22(30)25(16-33-15-19-11-8-7-9-12-19)13-10-14-27(25)23(31)35-24(3,4)5/h7-9,11-12,17,20H,10,13-16H2,1-6H3,(H,26,30)/t17-,20+,25?/m1/s1. The molecule has 0 spiro atoms. The molecule has 0 saturated carbocycles. The van der Waals surface area contributed by atoms with Gasteiger partial charge in [-0.2, -0.15) is 0 Å². The Labute approximate surface area is 206 Å². The first kappa shape index (κ1) is 28.1. The van der Waals surface area contributed by atoms with E-state index in [0.29, 0.717) is 12.8 Å². The van der Waals surface area contributed by atoms with Gasteiger partial charge in [-0.1, -0.05) is 30.3 Å². The Balaban J connectivity index is 2.33. The lowest BCUT2D eigenvalue weighted by atomic mass is 9.95. The minimum atomic E-state index is -1.43. The van der Waals surface area contributed by atoms with Gasteiger partial charge in [-0.15, -0.1) is 0 Å². The van der Waals surface area contributed by atoms with E-state index >= 15 is 0 Å². The zero-order valence-electron chi connectivity index (χ0n) is 21.3. The van der Waals surface area contributed by atoms with E-state index < -0.39 is 47.2 Å². The molecule has 1 heterocycles. The molecule has 1 aromatic carbocycles. The first-order chi connectivity index (χ1) is 16.4. The van der Waals surface area contributed by atoms with E-state index in [4.69, 9.17) is 18.9 Å². The second kappa shape index (κ2) is 12.0. The molecule has 1 fully saturated rings. The van der Waals surface area contributed by atoms with Crippen LogP contribution in [0.15, 0.2) is 30.3 Å². The summed E-state index contributed by atoms with van der Waals surface area (Å²) in [6, 6.07) is 8.14. The molecule has 0 bridgehead atoms. The van der Waals surface area contributed by atoms with Crippen molar-refractivity contribution in [1.82, 2.24) is 10.2 Å². The Morgan fingerprint density at radius 3 is 2.37 bits per heavy atom. The molecule has 0 aromatic heterocycles. The maximum Gasteiger partial charge on any atom is 0.411 e. The number of benzene rings is 1. The summed E-state index contributed by atoms with van der Waals surface area (Å²) in [5.41, 5.74) is -1.30. The molecule has 0 aliphatic carbocycles. The maximum atomic E-state index is 13.7. The number of rotatable bonds is 9. The molecule has 35 heavy (non-hydrogen) atoms. The average molecular weight is 493 g/mol. The second-order valence-corrected chi connectivity index (χ2v) is 9.53. The SMILES string of the molecule is COC(=O)[C@@H](NC(=O)C1(COCc2ccccc2)CCCN1C(=O)OC(C)(C)C)[C@@H](C)OC(C)=O. The predicted molar refractivity (Wildman–Crippen MR) is 126 cm³/mol. The summed E-state index contributed by atoms with van der Waals surface area (Å²) in [4.78, 5) is 52.0. The number of hydrogen-bond donors (Lipinski definition) is 1. The van der Waals surface area contributed by atoms with Crippen molar-refractivity contribution in [3.05, 3.63) is 35.9 Å². The molecule has 10 heteroatoms. The zero-order chi connectivity index (χ0) is 26.2. The van der Waals surface area contributed by atoms with Gasteiger partial charge in [0.15, 0.2) is 6.04 Å². The molecular weight excluding hydrogens is 456 g/mol. The Hall–Kier alpha value is -3.14. The van der Waals surface area contributed by atoms with E-state index in [1.54, 1.807) is 20.8 Å². The highest BCUT2D eigenvalue weighted by Gasteiger charge is 2.52. The molecule has 1 aliphatic rings. The lowest BCUT2D eigenvalue weighted by molar-refractivity contribution is -0.158. The fourth-order valence-electron chi connectivity index (χ4n) is 3.93. The third-order valence-corrected chi connectivity index (χ3v) is 5.54. The van der Waals surface area contributed by atoms with Crippen LogP contribution in [0.1, 0.15) is 53.0 Å². The molecule has 1 aliphatic heterocycles. The Bertz CT molecular complexity index is 898. The number of esters is 2. The van der Waals surface area contributed by atoms with Crippen molar-refractivity contribution in [2.24, 2.45) is 0 Å². The average Bonchev–Trinajstić information content (AvgIpc) is 3.21. The Morgan fingerprint density at radius 1 is 1.14 bits per heavy atom. The van der Waals surface area contributed by atoms with Crippen LogP contribution in [0.2, 0.25) is 0 Å². The van der Waals surface area contributed by atoms with Gasteiger partial charge >= 0.3 is 18.0 Å². The van der Waals surface area contributed by atoms with E-state index in [9.17, 15) is 19.2 Å². The number of nitrogens with zero attached hydrogens (tertiary/aromatic N) is 1. The van der Waals surface area contributed by atoms with E-state index in [-0.39, 0.29) is 19.8 Å². The minimum absolute atomic E-state index is 0.122. The van der Waals surface area contributed by atoms with Gasteiger partial charge in [0.2, 0.25) is 5.91 Å². The van der Waals surface area contributed by atoms with Crippen molar-refractivity contribution in [2.45, 2.75) is 77.4 Å². The first-order valence-electron chi connectivity index (χ1n) is 11.6. The van der Waals surface area contributed by atoms with Gasteiger partial charge in [0, 0.05) is 13.5 Å². The van der Waals surface area contributed by atoms with Crippen LogP contribution in [0.3, 0.4) is 0 Å². The molecule has 1 N–H and O–H groups in total. The summed E-state index contributed by atoms with van der Waals surface area (Å²) in [7, 11) is 1.17. The minimum Gasteiger partial charge on any atom is -0.467 e. The van der Waals surface area contributed by atoms with Crippen molar-refractivity contribution >= 4 is 23.9 Å². The molecule has 1 saturated heterocycles. The summed E-state index contributed by atoms with van der Waals surface area (Å²) in [6.07, 6.45) is -0.828. The smallest absolute Gasteiger partial charge is 0.411 e. The van der Waals surface area contributed by atoms with Gasteiger partial charge in [0.05, 0.1) is 20.3 Å². The van der Waals surface area contributed by atoms with Gasteiger partial charge < -0.3 is 24.3 Å². The van der Waals surface area contributed by atoms with Crippen LogP contribution in [-0.2, 0) is 39.9 Å². The summed E-state index contributed by atoms with van der Waals surface area (Å²) in [6.45, 7) is 8.27. The van der Waals surface area contributed by atoms with Crippen LogP contribution < -0.4 is 5.32 Å². The Kier molecular flexibility index (Phi) is 9.64. The number of carbonyl (C=O) groups is 4. The largest absolute Gasteiger partial charge is 0.467 e. The number of hydrogen-bond acceptors (Lipinski definition) is 8. The molecule has 0 radical (unpaired) electrons. The quantitative estimate of drug-likeness (QED) is 0.413. The van der Waals surface area contributed by atoms with Gasteiger partial charge in [0.25, 0.3) is 0 Å².